The highest BCUT2D eigenvalue weighted by atomic mass is 14.7. The molecule has 0 spiro atoms. The summed E-state index contributed by atoms with van der Waals surface area (Å²) in [6, 6.07) is 11.0. The minimum Gasteiger partial charge on any atom is -0.327 e. The van der Waals surface area contributed by atoms with E-state index in [4.69, 9.17) is 5.73 Å². The van der Waals surface area contributed by atoms with Crippen LogP contribution in [0.15, 0.2) is 42.5 Å². The molecule has 0 heterocycles. The number of allylic oxidation sites excluding steroid dienone is 1. The molecule has 4 atom stereocenters. The van der Waals surface area contributed by atoms with Gasteiger partial charge in [-0.3, -0.25) is 0 Å². The van der Waals surface area contributed by atoms with Crippen molar-refractivity contribution in [2.45, 2.75) is 18.4 Å². The van der Waals surface area contributed by atoms with Crippen LogP contribution in [0.25, 0.3) is 0 Å². The highest BCUT2D eigenvalue weighted by Crippen LogP contribution is 2.47. The number of benzene rings is 1. The zero-order valence-electron chi connectivity index (χ0n) is 8.14. The van der Waals surface area contributed by atoms with E-state index in [0.29, 0.717) is 23.8 Å². The molecule has 1 aromatic rings. The molecule has 2 bridgehead atoms. The van der Waals surface area contributed by atoms with E-state index >= 15 is 0 Å². The molecule has 1 heteroatoms. The lowest BCUT2D eigenvalue weighted by molar-refractivity contribution is 0.504. The fraction of sp³-hybridized carbons (Fsp3) is 0.385. The molecule has 1 fully saturated rings. The zero-order chi connectivity index (χ0) is 9.54. The van der Waals surface area contributed by atoms with Crippen molar-refractivity contribution in [3.05, 3.63) is 48.0 Å². The van der Waals surface area contributed by atoms with Gasteiger partial charge >= 0.3 is 0 Å². The molecule has 72 valence electrons. The average Bonchev–Trinajstić information content (AvgIpc) is 2.79. The van der Waals surface area contributed by atoms with E-state index < -0.39 is 0 Å². The standard InChI is InChI=1S/C13H15N/c14-13-11-7-6-10(8-11)12(13)9-4-2-1-3-5-9/h1-7,10-13H,8,14H2/t10-,11+,12+,13+/m0/s1. The quantitative estimate of drug-likeness (QED) is 0.667. The van der Waals surface area contributed by atoms with Gasteiger partial charge in [0.25, 0.3) is 0 Å². The Labute approximate surface area is 84.6 Å². The molecule has 0 unspecified atom stereocenters. The third-order valence-corrected chi connectivity index (χ3v) is 3.70. The van der Waals surface area contributed by atoms with Gasteiger partial charge in [0.15, 0.2) is 0 Å². The molecular weight excluding hydrogens is 170 g/mol. The van der Waals surface area contributed by atoms with Crippen LogP contribution in [0.1, 0.15) is 17.9 Å². The van der Waals surface area contributed by atoms with Crippen LogP contribution in [0.4, 0.5) is 0 Å². The van der Waals surface area contributed by atoms with E-state index in [1.165, 1.54) is 12.0 Å². The molecule has 2 N–H and O–H groups in total. The Hall–Kier alpha value is -1.08. The van der Waals surface area contributed by atoms with E-state index in [1.54, 1.807) is 0 Å². The van der Waals surface area contributed by atoms with Gasteiger partial charge in [0.05, 0.1) is 0 Å². The Kier molecular flexibility index (Phi) is 1.74. The fourth-order valence-corrected chi connectivity index (χ4v) is 3.01. The van der Waals surface area contributed by atoms with Gasteiger partial charge in [-0.2, -0.15) is 0 Å². The summed E-state index contributed by atoms with van der Waals surface area (Å²) in [4.78, 5) is 0. The Morgan fingerprint density at radius 2 is 1.71 bits per heavy atom. The van der Waals surface area contributed by atoms with Crippen LogP contribution >= 0.6 is 0 Å². The van der Waals surface area contributed by atoms with Crippen molar-refractivity contribution in [1.29, 1.82) is 0 Å². The molecule has 1 aromatic carbocycles. The number of hydrogen-bond donors (Lipinski definition) is 1. The van der Waals surface area contributed by atoms with Crippen molar-refractivity contribution in [3.8, 4) is 0 Å². The lowest BCUT2D eigenvalue weighted by Gasteiger charge is -2.24. The second kappa shape index (κ2) is 2.96. The van der Waals surface area contributed by atoms with Crippen LogP contribution in [-0.2, 0) is 0 Å². The topological polar surface area (TPSA) is 26.0 Å². The molecule has 2 aliphatic carbocycles. The van der Waals surface area contributed by atoms with Crippen LogP contribution in [0.3, 0.4) is 0 Å². The van der Waals surface area contributed by atoms with Gasteiger partial charge < -0.3 is 5.73 Å². The van der Waals surface area contributed by atoms with Gasteiger partial charge in [0, 0.05) is 12.0 Å². The SMILES string of the molecule is N[C@H]1[C@H](c2ccccc2)[C@H]2C=C[C@@H]1C2. The summed E-state index contributed by atoms with van der Waals surface area (Å²) >= 11 is 0. The van der Waals surface area contributed by atoms with Crippen molar-refractivity contribution >= 4 is 0 Å². The fourth-order valence-electron chi connectivity index (χ4n) is 3.01. The summed E-state index contributed by atoms with van der Waals surface area (Å²) in [5.74, 6) is 1.88. The molecule has 1 nitrogen and oxygen atoms in total. The number of fused-ring (bicyclic) bond motifs is 2. The maximum Gasteiger partial charge on any atom is 0.0177 e. The maximum atomic E-state index is 6.24. The average molecular weight is 185 g/mol. The summed E-state index contributed by atoms with van der Waals surface area (Å²) < 4.78 is 0. The summed E-state index contributed by atoms with van der Waals surface area (Å²) in [6.07, 6.45) is 5.92. The van der Waals surface area contributed by atoms with Crippen molar-refractivity contribution < 1.29 is 0 Å². The van der Waals surface area contributed by atoms with Crippen LogP contribution in [0.5, 0.6) is 0 Å². The van der Waals surface area contributed by atoms with Crippen LogP contribution in [0, 0.1) is 11.8 Å². The van der Waals surface area contributed by atoms with Crippen LogP contribution in [-0.4, -0.2) is 6.04 Å². The van der Waals surface area contributed by atoms with Gasteiger partial charge in [-0.05, 0) is 23.8 Å². The second-order valence-corrected chi connectivity index (χ2v) is 4.46. The first-order valence-electron chi connectivity index (χ1n) is 5.35. The highest BCUT2D eigenvalue weighted by molar-refractivity contribution is 5.30. The third-order valence-electron chi connectivity index (χ3n) is 3.70. The van der Waals surface area contributed by atoms with E-state index in [2.05, 4.69) is 42.5 Å². The summed E-state index contributed by atoms with van der Waals surface area (Å²) in [5.41, 5.74) is 7.66. The van der Waals surface area contributed by atoms with Crippen molar-refractivity contribution in [1.82, 2.24) is 0 Å². The van der Waals surface area contributed by atoms with Crippen molar-refractivity contribution in [2.24, 2.45) is 17.6 Å². The summed E-state index contributed by atoms with van der Waals surface area (Å²) in [6.45, 7) is 0. The summed E-state index contributed by atoms with van der Waals surface area (Å²) in [7, 11) is 0. The first-order valence-corrected chi connectivity index (χ1v) is 5.35. The molecular formula is C13H15N. The van der Waals surface area contributed by atoms with Gasteiger partial charge in [0.1, 0.15) is 0 Å². The molecule has 2 aliphatic rings. The molecule has 14 heavy (non-hydrogen) atoms. The normalized spacial score (nSPS) is 39.2. The molecule has 0 radical (unpaired) electrons. The number of hydrogen-bond acceptors (Lipinski definition) is 1. The Balaban J connectivity index is 1.97. The number of nitrogens with two attached hydrogens (primary N) is 1. The first-order chi connectivity index (χ1) is 6.86. The lowest BCUT2D eigenvalue weighted by Crippen LogP contribution is -2.31. The number of rotatable bonds is 1. The Morgan fingerprint density at radius 1 is 1.00 bits per heavy atom. The van der Waals surface area contributed by atoms with Crippen molar-refractivity contribution in [2.75, 3.05) is 0 Å². The lowest BCUT2D eigenvalue weighted by atomic mass is 9.84. The predicted molar refractivity (Wildman–Crippen MR) is 57.9 cm³/mol. The molecule has 3 rings (SSSR count). The monoisotopic (exact) mass is 185 g/mol. The minimum atomic E-state index is 0.340. The van der Waals surface area contributed by atoms with E-state index in [9.17, 15) is 0 Å². The van der Waals surface area contributed by atoms with Gasteiger partial charge in [0.2, 0.25) is 0 Å². The Bertz CT molecular complexity index is 355. The van der Waals surface area contributed by atoms with Crippen molar-refractivity contribution in [3.63, 3.8) is 0 Å². The van der Waals surface area contributed by atoms with Crippen LogP contribution in [0.2, 0.25) is 0 Å². The predicted octanol–water partition coefficient (Wildman–Crippen LogP) is 2.30. The second-order valence-electron chi connectivity index (χ2n) is 4.46. The zero-order valence-corrected chi connectivity index (χ0v) is 8.14. The van der Waals surface area contributed by atoms with E-state index in [-0.39, 0.29) is 0 Å². The molecule has 0 aromatic heterocycles. The minimum absolute atomic E-state index is 0.340. The molecule has 0 amide bonds. The maximum absolute atomic E-state index is 6.24. The first kappa shape index (κ1) is 8.25. The highest BCUT2D eigenvalue weighted by Gasteiger charge is 2.42. The van der Waals surface area contributed by atoms with E-state index in [0.717, 1.165) is 0 Å². The van der Waals surface area contributed by atoms with Crippen LogP contribution < -0.4 is 5.73 Å². The van der Waals surface area contributed by atoms with Gasteiger partial charge in [-0.15, -0.1) is 0 Å². The molecule has 1 saturated carbocycles. The Morgan fingerprint density at radius 3 is 2.36 bits per heavy atom. The third kappa shape index (κ3) is 1.05. The van der Waals surface area contributed by atoms with Gasteiger partial charge in [-0.1, -0.05) is 42.5 Å². The smallest absolute Gasteiger partial charge is 0.0177 e. The largest absolute Gasteiger partial charge is 0.327 e. The summed E-state index contributed by atoms with van der Waals surface area (Å²) in [5, 5.41) is 0. The molecule has 0 aliphatic heterocycles. The van der Waals surface area contributed by atoms with E-state index in [1.807, 2.05) is 0 Å². The van der Waals surface area contributed by atoms with Gasteiger partial charge in [-0.25, -0.2) is 0 Å². The molecule has 0 saturated heterocycles.